The molecule has 122 valence electrons. The Morgan fingerprint density at radius 1 is 1.14 bits per heavy atom. The van der Waals surface area contributed by atoms with E-state index >= 15 is 0 Å². The molecule has 0 aliphatic rings. The molecule has 0 atom stereocenters. The van der Waals surface area contributed by atoms with Gasteiger partial charge >= 0.3 is 0 Å². The quantitative estimate of drug-likeness (QED) is 0.776. The Hall–Kier alpha value is -1.97. The number of pyridine rings is 1. The van der Waals surface area contributed by atoms with Gasteiger partial charge < -0.3 is 14.5 Å². The molecule has 0 bridgehead atoms. The highest BCUT2D eigenvalue weighted by molar-refractivity contribution is 5.40. The average molecular weight is 305 g/mol. The van der Waals surface area contributed by atoms with Crippen molar-refractivity contribution >= 4 is 0 Å². The highest BCUT2D eigenvalue weighted by Crippen LogP contribution is 2.22. The minimum Gasteiger partial charge on any atom is -0.488 e. The molecular formula is C18H27NO3. The lowest BCUT2D eigenvalue weighted by Crippen LogP contribution is -2.15. The number of allylic oxidation sites excluding steroid dienone is 4. The fourth-order valence-corrected chi connectivity index (χ4v) is 2.20. The van der Waals surface area contributed by atoms with Crippen molar-refractivity contribution in [1.82, 2.24) is 4.98 Å². The zero-order valence-corrected chi connectivity index (χ0v) is 14.5. The third-order valence-corrected chi connectivity index (χ3v) is 3.62. The minimum atomic E-state index is -0.122. The van der Waals surface area contributed by atoms with E-state index in [1.165, 1.54) is 25.4 Å². The number of rotatable bonds is 7. The zero-order chi connectivity index (χ0) is 16.7. The van der Waals surface area contributed by atoms with Crippen LogP contribution in [0.3, 0.4) is 0 Å². The number of H-pyrrole nitrogens is 1. The van der Waals surface area contributed by atoms with Crippen molar-refractivity contribution in [3.05, 3.63) is 44.8 Å². The van der Waals surface area contributed by atoms with E-state index in [9.17, 15) is 4.79 Å². The molecule has 1 N–H and O–H groups in total. The van der Waals surface area contributed by atoms with Gasteiger partial charge in [-0.3, -0.25) is 4.79 Å². The first kappa shape index (κ1) is 18.1. The van der Waals surface area contributed by atoms with Crippen molar-refractivity contribution < 1.29 is 9.47 Å². The molecule has 0 spiro atoms. The van der Waals surface area contributed by atoms with Crippen molar-refractivity contribution in [1.29, 1.82) is 0 Å². The molecule has 1 rings (SSSR count). The Morgan fingerprint density at radius 2 is 1.82 bits per heavy atom. The van der Waals surface area contributed by atoms with E-state index in [0.717, 1.165) is 18.5 Å². The van der Waals surface area contributed by atoms with Gasteiger partial charge in [-0.2, -0.15) is 0 Å². The summed E-state index contributed by atoms with van der Waals surface area (Å²) >= 11 is 0. The molecule has 1 aromatic heterocycles. The summed E-state index contributed by atoms with van der Waals surface area (Å²) in [5.74, 6) is 0.608. The van der Waals surface area contributed by atoms with Gasteiger partial charge in [-0.25, -0.2) is 0 Å². The van der Waals surface area contributed by atoms with Gasteiger partial charge in [0.25, 0.3) is 0 Å². The second-order valence-electron chi connectivity index (χ2n) is 5.70. The highest BCUT2D eigenvalue weighted by atomic mass is 16.5. The van der Waals surface area contributed by atoms with Crippen molar-refractivity contribution in [3.8, 4) is 11.6 Å². The van der Waals surface area contributed by atoms with Crippen molar-refractivity contribution in [3.63, 3.8) is 0 Å². The monoisotopic (exact) mass is 305 g/mol. The van der Waals surface area contributed by atoms with Gasteiger partial charge in [0.05, 0.1) is 14.2 Å². The van der Waals surface area contributed by atoms with Gasteiger partial charge in [-0.05, 0) is 40.5 Å². The molecule has 4 heteroatoms. The predicted molar refractivity (Wildman–Crippen MR) is 91.0 cm³/mol. The molecule has 0 saturated heterocycles. The number of ether oxygens (including phenoxy) is 2. The Balaban J connectivity index is 2.92. The van der Waals surface area contributed by atoms with Crippen LogP contribution in [0.15, 0.2) is 28.1 Å². The molecule has 0 amide bonds. The van der Waals surface area contributed by atoms with Gasteiger partial charge in [0, 0.05) is 17.7 Å². The molecule has 0 unspecified atom stereocenters. The van der Waals surface area contributed by atoms with Gasteiger partial charge in [0.15, 0.2) is 0 Å². The second kappa shape index (κ2) is 8.47. The van der Waals surface area contributed by atoms with Crippen LogP contribution >= 0.6 is 0 Å². The number of hydrogen-bond acceptors (Lipinski definition) is 3. The Kier molecular flexibility index (Phi) is 6.96. The molecule has 4 nitrogen and oxygen atoms in total. The summed E-state index contributed by atoms with van der Waals surface area (Å²) in [7, 11) is 2.99. The molecule has 0 saturated carbocycles. The largest absolute Gasteiger partial charge is 0.488 e. The van der Waals surface area contributed by atoms with Gasteiger partial charge in [-0.15, -0.1) is 0 Å². The minimum absolute atomic E-state index is 0.122. The summed E-state index contributed by atoms with van der Waals surface area (Å²) in [4.78, 5) is 15.4. The standard InChI is InChI=1S/C18H27NO3/c1-12(2)8-7-9-13(3)10-11-15-14(4)16(20)17(21-5)18(19-15)22-6/h8,10H,7,9,11H2,1-6H3,(H,19,20)/b13-10+. The summed E-state index contributed by atoms with van der Waals surface area (Å²) in [5, 5.41) is 0. The van der Waals surface area contributed by atoms with Crippen LogP contribution in [-0.4, -0.2) is 19.2 Å². The maximum Gasteiger partial charge on any atom is 0.238 e. The Morgan fingerprint density at radius 3 is 2.36 bits per heavy atom. The molecule has 0 aromatic carbocycles. The second-order valence-corrected chi connectivity index (χ2v) is 5.70. The van der Waals surface area contributed by atoms with Crippen molar-refractivity contribution in [2.45, 2.75) is 47.0 Å². The summed E-state index contributed by atoms with van der Waals surface area (Å²) in [6.45, 7) is 8.14. The molecule has 0 fully saturated rings. The van der Waals surface area contributed by atoms with E-state index in [-0.39, 0.29) is 11.2 Å². The van der Waals surface area contributed by atoms with Gasteiger partial charge in [0.1, 0.15) is 0 Å². The van der Waals surface area contributed by atoms with Crippen LogP contribution in [0.2, 0.25) is 0 Å². The summed E-state index contributed by atoms with van der Waals surface area (Å²) in [5.41, 5.74) is 4.07. The smallest absolute Gasteiger partial charge is 0.238 e. The molecule has 0 aliphatic carbocycles. The van der Waals surface area contributed by atoms with E-state index < -0.39 is 0 Å². The first-order valence-electron chi connectivity index (χ1n) is 7.53. The van der Waals surface area contributed by atoms with Gasteiger partial charge in [-0.1, -0.05) is 23.3 Å². The fraction of sp³-hybridized carbons (Fsp3) is 0.500. The van der Waals surface area contributed by atoms with Crippen LogP contribution in [0.4, 0.5) is 0 Å². The predicted octanol–water partition coefficient (Wildman–Crippen LogP) is 3.94. The van der Waals surface area contributed by atoms with Crippen LogP contribution in [0, 0.1) is 6.92 Å². The topological polar surface area (TPSA) is 51.3 Å². The van der Waals surface area contributed by atoms with Crippen LogP contribution < -0.4 is 14.9 Å². The molecular weight excluding hydrogens is 278 g/mol. The first-order chi connectivity index (χ1) is 10.4. The van der Waals surface area contributed by atoms with Crippen LogP contribution in [0.5, 0.6) is 11.6 Å². The van der Waals surface area contributed by atoms with Crippen LogP contribution in [0.1, 0.15) is 44.9 Å². The van der Waals surface area contributed by atoms with E-state index in [2.05, 4.69) is 37.9 Å². The molecule has 22 heavy (non-hydrogen) atoms. The number of aromatic nitrogens is 1. The van der Waals surface area contributed by atoms with Crippen LogP contribution in [0.25, 0.3) is 0 Å². The highest BCUT2D eigenvalue weighted by Gasteiger charge is 2.14. The number of methoxy groups -OCH3 is 2. The normalized spacial score (nSPS) is 11.3. The maximum absolute atomic E-state index is 12.2. The lowest BCUT2D eigenvalue weighted by atomic mass is 10.1. The SMILES string of the molecule is COc1[nH]c(C/C=C(\C)CCC=C(C)C)c(C)c(=O)c1OC. The Bertz CT molecular complexity index is 620. The third kappa shape index (κ3) is 4.79. The van der Waals surface area contributed by atoms with Gasteiger partial charge in [0.2, 0.25) is 17.1 Å². The summed E-state index contributed by atoms with van der Waals surface area (Å²) in [6.07, 6.45) is 7.15. The molecule has 1 aromatic rings. The maximum atomic E-state index is 12.2. The molecule has 1 heterocycles. The summed E-state index contributed by atoms with van der Waals surface area (Å²) < 4.78 is 10.3. The van der Waals surface area contributed by atoms with Crippen molar-refractivity contribution in [2.24, 2.45) is 0 Å². The Labute approximate surface area is 132 Å². The lowest BCUT2D eigenvalue weighted by Gasteiger charge is -2.11. The first-order valence-corrected chi connectivity index (χ1v) is 7.53. The summed E-state index contributed by atoms with van der Waals surface area (Å²) in [6, 6.07) is 0. The van der Waals surface area contributed by atoms with Crippen molar-refractivity contribution in [2.75, 3.05) is 14.2 Å². The van der Waals surface area contributed by atoms with E-state index in [4.69, 9.17) is 9.47 Å². The number of aromatic amines is 1. The molecule has 0 radical (unpaired) electrons. The van der Waals surface area contributed by atoms with E-state index in [0.29, 0.717) is 17.9 Å². The number of hydrogen-bond donors (Lipinski definition) is 1. The lowest BCUT2D eigenvalue weighted by molar-refractivity contribution is 0.339. The van der Waals surface area contributed by atoms with Crippen LogP contribution in [-0.2, 0) is 6.42 Å². The van der Waals surface area contributed by atoms with E-state index in [1.807, 2.05) is 6.92 Å². The third-order valence-electron chi connectivity index (χ3n) is 3.62. The van der Waals surface area contributed by atoms with E-state index in [1.54, 1.807) is 0 Å². The molecule has 0 aliphatic heterocycles. The fourth-order valence-electron chi connectivity index (χ4n) is 2.20. The zero-order valence-electron chi connectivity index (χ0n) is 14.5. The number of nitrogens with one attached hydrogen (secondary N) is 1. The average Bonchev–Trinajstić information content (AvgIpc) is 2.48.